The van der Waals surface area contributed by atoms with Gasteiger partial charge in [0.15, 0.2) is 0 Å². The molecule has 82 valence electrons. The van der Waals surface area contributed by atoms with Gasteiger partial charge >= 0.3 is 0 Å². The molecular formula is C9H16F2N2O. The van der Waals surface area contributed by atoms with Gasteiger partial charge in [-0.25, -0.2) is 8.78 Å². The van der Waals surface area contributed by atoms with Gasteiger partial charge in [0.25, 0.3) is 6.43 Å². The number of carbonyl (C=O) groups is 1. The number of hydrogen-bond acceptors (Lipinski definition) is 2. The van der Waals surface area contributed by atoms with E-state index in [1.807, 2.05) is 0 Å². The van der Waals surface area contributed by atoms with Crippen LogP contribution in [0, 0.1) is 0 Å². The maximum Gasteiger partial charge on any atom is 0.250 e. The lowest BCUT2D eigenvalue weighted by Gasteiger charge is -2.04. The first-order valence-corrected chi connectivity index (χ1v) is 4.96. The van der Waals surface area contributed by atoms with E-state index in [4.69, 9.17) is 0 Å². The molecular weight excluding hydrogens is 190 g/mol. The Morgan fingerprint density at radius 1 is 1.43 bits per heavy atom. The van der Waals surface area contributed by atoms with Crippen molar-refractivity contribution >= 4 is 5.91 Å². The molecule has 0 saturated heterocycles. The summed E-state index contributed by atoms with van der Waals surface area (Å²) >= 11 is 0. The Morgan fingerprint density at radius 2 is 2.14 bits per heavy atom. The first-order chi connectivity index (χ1) is 6.68. The average molecular weight is 206 g/mol. The molecule has 0 bridgehead atoms. The minimum atomic E-state index is -2.31. The van der Waals surface area contributed by atoms with Crippen LogP contribution in [0.3, 0.4) is 0 Å². The molecule has 0 heterocycles. The fraction of sp³-hybridized carbons (Fsp3) is 0.889. The molecule has 0 atom stereocenters. The van der Waals surface area contributed by atoms with Crippen LogP contribution in [-0.2, 0) is 4.79 Å². The molecule has 2 N–H and O–H groups in total. The molecule has 5 heteroatoms. The summed E-state index contributed by atoms with van der Waals surface area (Å²) in [5, 5.41) is 5.42. The highest BCUT2D eigenvalue weighted by Crippen LogP contribution is 2.18. The highest BCUT2D eigenvalue weighted by molar-refractivity contribution is 5.76. The van der Waals surface area contributed by atoms with E-state index in [1.54, 1.807) is 0 Å². The van der Waals surface area contributed by atoms with Crippen LogP contribution in [0.15, 0.2) is 0 Å². The highest BCUT2D eigenvalue weighted by atomic mass is 19.3. The second-order valence-corrected chi connectivity index (χ2v) is 3.54. The van der Waals surface area contributed by atoms with Gasteiger partial charge in [0.1, 0.15) is 0 Å². The van der Waals surface area contributed by atoms with E-state index in [0.29, 0.717) is 25.4 Å². The maximum absolute atomic E-state index is 11.7. The van der Waals surface area contributed by atoms with E-state index in [0.717, 1.165) is 12.8 Å². The number of nitrogens with one attached hydrogen (secondary N) is 2. The Kier molecular flexibility index (Phi) is 4.79. The third-order valence-corrected chi connectivity index (χ3v) is 2.00. The van der Waals surface area contributed by atoms with Crippen LogP contribution >= 0.6 is 0 Å². The lowest BCUT2D eigenvalue weighted by atomic mass is 10.3. The molecule has 0 unspecified atom stereocenters. The molecule has 0 radical (unpaired) electrons. The van der Waals surface area contributed by atoms with Gasteiger partial charge in [-0.2, -0.15) is 0 Å². The van der Waals surface area contributed by atoms with Crippen molar-refractivity contribution in [3.63, 3.8) is 0 Å². The number of alkyl halides is 2. The predicted octanol–water partition coefficient (Wildman–Crippen LogP) is 0.900. The average Bonchev–Trinajstić information content (AvgIpc) is 2.87. The smallest absolute Gasteiger partial charge is 0.250 e. The third kappa shape index (κ3) is 5.85. The van der Waals surface area contributed by atoms with Gasteiger partial charge in [-0.05, 0) is 25.8 Å². The summed E-state index contributed by atoms with van der Waals surface area (Å²) in [6, 6.07) is 0.386. The van der Waals surface area contributed by atoms with Gasteiger partial charge in [-0.3, -0.25) is 4.79 Å². The topological polar surface area (TPSA) is 41.1 Å². The van der Waals surface area contributed by atoms with Crippen molar-refractivity contribution in [3.05, 3.63) is 0 Å². The largest absolute Gasteiger partial charge is 0.353 e. The van der Waals surface area contributed by atoms with Crippen molar-refractivity contribution in [1.29, 1.82) is 0 Å². The summed E-state index contributed by atoms with van der Waals surface area (Å²) in [4.78, 5) is 11.1. The molecule has 1 fully saturated rings. The van der Waals surface area contributed by atoms with Crippen molar-refractivity contribution in [2.24, 2.45) is 0 Å². The van der Waals surface area contributed by atoms with Crippen LogP contribution in [0.2, 0.25) is 0 Å². The maximum atomic E-state index is 11.7. The molecule has 0 spiro atoms. The van der Waals surface area contributed by atoms with Crippen molar-refractivity contribution in [1.82, 2.24) is 10.6 Å². The Hall–Kier alpha value is -0.710. The van der Waals surface area contributed by atoms with Gasteiger partial charge in [0, 0.05) is 12.5 Å². The molecule has 0 aromatic heterocycles. The lowest BCUT2D eigenvalue weighted by Crippen LogP contribution is -2.27. The Bertz CT molecular complexity index is 184. The lowest BCUT2D eigenvalue weighted by molar-refractivity contribution is -0.121. The van der Waals surface area contributed by atoms with Crippen LogP contribution in [0.4, 0.5) is 8.78 Å². The normalized spacial score (nSPS) is 15.9. The molecule has 1 amide bonds. The molecule has 0 aliphatic heterocycles. The second-order valence-electron chi connectivity index (χ2n) is 3.54. The van der Waals surface area contributed by atoms with Gasteiger partial charge in [-0.1, -0.05) is 0 Å². The molecule has 1 rings (SSSR count). The second kappa shape index (κ2) is 5.90. The molecule has 14 heavy (non-hydrogen) atoms. The zero-order valence-electron chi connectivity index (χ0n) is 8.06. The monoisotopic (exact) mass is 206 g/mol. The Balaban J connectivity index is 1.84. The summed E-state index contributed by atoms with van der Waals surface area (Å²) in [6.07, 6.45) is 0.887. The summed E-state index contributed by atoms with van der Waals surface area (Å²) in [6.45, 7) is 0.187. The summed E-state index contributed by atoms with van der Waals surface area (Å²) in [5.74, 6) is 0.0337. The molecule has 1 saturated carbocycles. The predicted molar refractivity (Wildman–Crippen MR) is 49.3 cm³/mol. The molecule has 0 aromatic rings. The van der Waals surface area contributed by atoms with Crippen LogP contribution in [-0.4, -0.2) is 31.5 Å². The molecule has 3 nitrogen and oxygen atoms in total. The first-order valence-electron chi connectivity index (χ1n) is 4.96. The minimum Gasteiger partial charge on any atom is -0.353 e. The van der Waals surface area contributed by atoms with E-state index in [9.17, 15) is 13.6 Å². The van der Waals surface area contributed by atoms with Crippen LogP contribution in [0.1, 0.15) is 25.7 Å². The van der Waals surface area contributed by atoms with Crippen LogP contribution in [0.5, 0.6) is 0 Å². The van der Waals surface area contributed by atoms with Gasteiger partial charge in [0.2, 0.25) is 5.91 Å². The number of carbonyl (C=O) groups excluding carboxylic acids is 1. The number of halogens is 2. The zero-order valence-corrected chi connectivity index (χ0v) is 8.06. The Labute approximate surface area is 82.2 Å². The summed E-state index contributed by atoms with van der Waals surface area (Å²) in [7, 11) is 0. The number of amides is 1. The quantitative estimate of drug-likeness (QED) is 0.608. The minimum absolute atomic E-state index is 0.0337. The van der Waals surface area contributed by atoms with Gasteiger partial charge in [-0.15, -0.1) is 0 Å². The van der Waals surface area contributed by atoms with E-state index < -0.39 is 6.43 Å². The Morgan fingerprint density at radius 3 is 2.71 bits per heavy atom. The zero-order chi connectivity index (χ0) is 10.4. The van der Waals surface area contributed by atoms with E-state index >= 15 is 0 Å². The van der Waals surface area contributed by atoms with Crippen LogP contribution in [0.25, 0.3) is 0 Å². The van der Waals surface area contributed by atoms with Crippen molar-refractivity contribution in [3.8, 4) is 0 Å². The SMILES string of the molecule is O=C(CCCNCC(F)F)NC1CC1. The molecule has 1 aliphatic rings. The van der Waals surface area contributed by atoms with Crippen molar-refractivity contribution in [2.45, 2.75) is 38.2 Å². The number of hydrogen-bond donors (Lipinski definition) is 2. The standard InChI is InChI=1S/C9H16F2N2O/c10-8(11)6-12-5-1-2-9(14)13-7-3-4-7/h7-8,12H,1-6H2,(H,13,14). The van der Waals surface area contributed by atoms with E-state index in [2.05, 4.69) is 10.6 Å². The van der Waals surface area contributed by atoms with E-state index in [-0.39, 0.29) is 12.5 Å². The molecule has 0 aromatic carbocycles. The van der Waals surface area contributed by atoms with Gasteiger partial charge in [0.05, 0.1) is 6.54 Å². The summed E-state index contributed by atoms with van der Waals surface area (Å²) < 4.78 is 23.3. The first kappa shape index (κ1) is 11.4. The fourth-order valence-corrected chi connectivity index (χ4v) is 1.11. The fourth-order valence-electron chi connectivity index (χ4n) is 1.11. The van der Waals surface area contributed by atoms with Crippen molar-refractivity contribution < 1.29 is 13.6 Å². The van der Waals surface area contributed by atoms with Crippen molar-refractivity contribution in [2.75, 3.05) is 13.1 Å². The van der Waals surface area contributed by atoms with Gasteiger partial charge < -0.3 is 10.6 Å². The van der Waals surface area contributed by atoms with Crippen LogP contribution < -0.4 is 10.6 Å². The van der Waals surface area contributed by atoms with E-state index in [1.165, 1.54) is 0 Å². The summed E-state index contributed by atoms with van der Waals surface area (Å²) in [5.41, 5.74) is 0. The molecule has 1 aliphatic carbocycles. The third-order valence-electron chi connectivity index (χ3n) is 2.00. The highest BCUT2D eigenvalue weighted by Gasteiger charge is 2.22. The number of rotatable bonds is 7.